The summed E-state index contributed by atoms with van der Waals surface area (Å²) < 4.78 is 15.1. The van der Waals surface area contributed by atoms with Crippen LogP contribution in [0, 0.1) is 51.8 Å². The topological polar surface area (TPSA) is 170 Å². The highest BCUT2D eigenvalue weighted by Crippen LogP contribution is 2.67. The third kappa shape index (κ3) is 8.40. The van der Waals surface area contributed by atoms with Crippen molar-refractivity contribution in [2.75, 3.05) is 33.0 Å². The molecule has 0 radical (unpaired) electrons. The Balaban J connectivity index is 0.000000152. The number of hydrogen-bond acceptors (Lipinski definition) is 10. The average Bonchev–Trinajstić information content (AvgIpc) is 4.06. The van der Waals surface area contributed by atoms with Crippen LogP contribution in [-0.4, -0.2) is 106 Å². The number of ether oxygens (including phenoxy) is 3. The molecule has 0 aromatic rings. The molecule has 8 fully saturated rings. The monoisotopic (exact) mass is 734 g/mol. The first-order valence-electron chi connectivity index (χ1n) is 20.9. The first-order valence-corrected chi connectivity index (χ1v) is 20.9. The fraction of sp³-hybridized carbons (Fsp3) is 0.952. The summed E-state index contributed by atoms with van der Waals surface area (Å²) in [6, 6.07) is 0. The van der Waals surface area contributed by atoms with Crippen LogP contribution in [0.1, 0.15) is 130 Å². The van der Waals surface area contributed by atoms with Gasteiger partial charge in [-0.15, -0.1) is 0 Å². The van der Waals surface area contributed by atoms with Crippen LogP contribution in [-0.2, 0) is 23.8 Å². The van der Waals surface area contributed by atoms with Gasteiger partial charge < -0.3 is 39.7 Å². The minimum atomic E-state index is -1.58. The fourth-order valence-electron chi connectivity index (χ4n) is 12.3. The second kappa shape index (κ2) is 16.2. The molecular weight excluding hydrogens is 664 g/mol. The SMILES string of the molecule is C(OCC1CO1)C1CO1.CC(C)(C1CCC(O)CC1)C1CCC(O)CC1.C[C@]12CC[C@@H](O)C[C@H]1CC[C@@H]1[C@@H]2C(=O)C[C@@]2(C)[C@H]1CC[C@]2(O)C(=O)CO. The molecule has 10 atom stereocenters. The third-order valence-electron chi connectivity index (χ3n) is 16.0. The predicted octanol–water partition coefficient (Wildman–Crippen LogP) is 4.78. The lowest BCUT2D eigenvalue weighted by atomic mass is 9.44. The van der Waals surface area contributed by atoms with E-state index in [2.05, 4.69) is 20.8 Å². The zero-order valence-corrected chi connectivity index (χ0v) is 32.5. The van der Waals surface area contributed by atoms with E-state index in [0.717, 1.165) is 102 Å². The van der Waals surface area contributed by atoms with E-state index >= 15 is 0 Å². The van der Waals surface area contributed by atoms with Gasteiger partial charge in [0.05, 0.1) is 44.7 Å². The van der Waals surface area contributed by atoms with Crippen molar-refractivity contribution in [1.82, 2.24) is 0 Å². The van der Waals surface area contributed by atoms with E-state index in [9.17, 15) is 35.1 Å². The quantitative estimate of drug-likeness (QED) is 0.219. The van der Waals surface area contributed by atoms with Gasteiger partial charge in [0.2, 0.25) is 0 Å². The first kappa shape index (κ1) is 40.7. The zero-order valence-electron chi connectivity index (χ0n) is 32.5. The van der Waals surface area contributed by atoms with E-state index in [1.165, 1.54) is 25.7 Å². The van der Waals surface area contributed by atoms with Crippen LogP contribution in [0.15, 0.2) is 0 Å². The Morgan fingerprint density at radius 3 is 1.83 bits per heavy atom. The molecular formula is C42H70O10. The van der Waals surface area contributed by atoms with E-state index in [0.29, 0.717) is 30.0 Å². The number of Topliss-reactive ketones (excluding diaryl/α,β-unsaturated/α-hetero) is 2. The van der Waals surface area contributed by atoms with E-state index in [1.54, 1.807) is 0 Å². The molecule has 0 aromatic carbocycles. The maximum Gasteiger partial charge on any atom is 0.190 e. The Bertz CT molecular complexity index is 1180. The smallest absolute Gasteiger partial charge is 0.190 e. The van der Waals surface area contributed by atoms with Crippen molar-refractivity contribution in [2.24, 2.45) is 51.8 Å². The summed E-state index contributed by atoms with van der Waals surface area (Å²) in [7, 11) is 0. The molecule has 5 N–H and O–H groups in total. The first-order chi connectivity index (χ1) is 24.6. The molecule has 10 nitrogen and oxygen atoms in total. The van der Waals surface area contributed by atoms with Gasteiger partial charge in [-0.2, -0.15) is 0 Å². The molecule has 8 rings (SSSR count). The number of ketones is 2. The second-order valence-electron chi connectivity index (χ2n) is 19.3. The van der Waals surface area contributed by atoms with Crippen molar-refractivity contribution in [3.63, 3.8) is 0 Å². The molecule has 2 saturated heterocycles. The fourth-order valence-corrected chi connectivity index (χ4v) is 12.3. The van der Waals surface area contributed by atoms with Gasteiger partial charge in [0.15, 0.2) is 5.78 Å². The third-order valence-corrected chi connectivity index (χ3v) is 16.0. The van der Waals surface area contributed by atoms with Crippen LogP contribution in [0.5, 0.6) is 0 Å². The molecule has 2 unspecified atom stereocenters. The molecule has 52 heavy (non-hydrogen) atoms. The van der Waals surface area contributed by atoms with Gasteiger partial charge in [0.25, 0.3) is 0 Å². The number of fused-ring (bicyclic) bond motifs is 5. The van der Waals surface area contributed by atoms with Gasteiger partial charge in [-0.3, -0.25) is 9.59 Å². The highest BCUT2D eigenvalue weighted by molar-refractivity contribution is 5.92. The molecule has 0 bridgehead atoms. The van der Waals surface area contributed by atoms with Crippen LogP contribution in [0.3, 0.4) is 0 Å². The minimum absolute atomic E-state index is 0.0154. The van der Waals surface area contributed by atoms with Crippen LogP contribution in [0.2, 0.25) is 0 Å². The summed E-state index contributed by atoms with van der Waals surface area (Å²) in [6.45, 7) is 11.6. The number of hydrogen-bond donors (Lipinski definition) is 5. The maximum absolute atomic E-state index is 13.4. The van der Waals surface area contributed by atoms with Crippen LogP contribution in [0.4, 0.5) is 0 Å². The lowest BCUT2D eigenvalue weighted by molar-refractivity contribution is -0.180. The normalized spacial score (nSPS) is 46.6. The number of aliphatic hydroxyl groups is 5. The van der Waals surface area contributed by atoms with E-state index in [-0.39, 0.29) is 53.7 Å². The zero-order chi connectivity index (χ0) is 37.5. The molecule has 0 amide bonds. The summed E-state index contributed by atoms with van der Waals surface area (Å²) in [5, 5.41) is 49.8. The van der Waals surface area contributed by atoms with Crippen molar-refractivity contribution in [1.29, 1.82) is 0 Å². The summed E-state index contributed by atoms with van der Waals surface area (Å²) in [6.07, 6.45) is 14.9. The maximum atomic E-state index is 13.4. The van der Waals surface area contributed by atoms with Crippen LogP contribution in [0.25, 0.3) is 0 Å². The highest BCUT2D eigenvalue weighted by Gasteiger charge is 2.68. The summed E-state index contributed by atoms with van der Waals surface area (Å²) in [5.74, 6) is 1.92. The Hall–Kier alpha value is -0.980. The molecule has 0 spiro atoms. The molecule has 2 heterocycles. The van der Waals surface area contributed by atoms with Gasteiger partial charge in [0.1, 0.15) is 30.2 Å². The number of epoxide rings is 2. The second-order valence-corrected chi connectivity index (χ2v) is 19.3. The van der Waals surface area contributed by atoms with Gasteiger partial charge in [-0.25, -0.2) is 0 Å². The van der Waals surface area contributed by atoms with Crippen LogP contribution < -0.4 is 0 Å². The van der Waals surface area contributed by atoms with Crippen molar-refractivity contribution in [3.8, 4) is 0 Å². The van der Waals surface area contributed by atoms with Gasteiger partial charge in [-0.05, 0) is 137 Å². The largest absolute Gasteiger partial charge is 0.393 e. The lowest BCUT2D eigenvalue weighted by Crippen LogP contribution is -2.62. The highest BCUT2D eigenvalue weighted by atomic mass is 16.6. The Morgan fingerprint density at radius 2 is 1.33 bits per heavy atom. The van der Waals surface area contributed by atoms with Gasteiger partial charge >= 0.3 is 0 Å². The van der Waals surface area contributed by atoms with E-state index in [1.807, 2.05) is 6.92 Å². The molecule has 2 aliphatic heterocycles. The number of aliphatic hydroxyl groups excluding tert-OH is 4. The molecule has 298 valence electrons. The van der Waals surface area contributed by atoms with Crippen molar-refractivity contribution < 1.29 is 49.3 Å². The molecule has 0 aromatic heterocycles. The number of carbonyl (C=O) groups is 2. The molecule has 10 heteroatoms. The number of rotatable bonds is 8. The minimum Gasteiger partial charge on any atom is -0.393 e. The molecule has 8 aliphatic rings. The Kier molecular flexibility index (Phi) is 12.7. The number of carbonyl (C=O) groups excluding carboxylic acids is 2. The van der Waals surface area contributed by atoms with Gasteiger partial charge in [0, 0.05) is 17.8 Å². The summed E-state index contributed by atoms with van der Waals surface area (Å²) >= 11 is 0. The van der Waals surface area contributed by atoms with E-state index in [4.69, 9.17) is 14.2 Å². The molecule has 6 aliphatic carbocycles. The Morgan fingerprint density at radius 1 is 0.788 bits per heavy atom. The van der Waals surface area contributed by atoms with Crippen molar-refractivity contribution in [3.05, 3.63) is 0 Å². The van der Waals surface area contributed by atoms with Gasteiger partial charge in [-0.1, -0.05) is 27.7 Å². The predicted molar refractivity (Wildman–Crippen MR) is 195 cm³/mol. The summed E-state index contributed by atoms with van der Waals surface area (Å²) in [5.41, 5.74) is -2.02. The lowest BCUT2D eigenvalue weighted by Gasteiger charge is -2.60. The Labute approximate surface area is 311 Å². The standard InChI is InChI=1S/C21H32O5.C15H28O2.C6H10O3/c1-19-7-5-13(23)9-12(19)3-4-14-15-6-8-21(26,17(25)11-22)20(15,2)10-16(24)18(14)19;1-15(2,11-3-7-13(16)8-4-11)12-5-9-14(17)10-6-12;1(5-3-8-5)7-2-6-4-9-6/h12-15,18,22-23,26H,3-11H2,1-2H3;11-14,16-17H,3-10H2,1-2H3;5-6H,1-4H2/t12-,13-,14+,15+,18-,19+,20+,21+;;/m1../s1. The van der Waals surface area contributed by atoms with E-state index < -0.39 is 23.4 Å². The molecule has 6 saturated carbocycles. The van der Waals surface area contributed by atoms with Crippen molar-refractivity contribution >= 4 is 11.6 Å². The average molecular weight is 735 g/mol. The van der Waals surface area contributed by atoms with Crippen LogP contribution >= 0.6 is 0 Å². The van der Waals surface area contributed by atoms with Crippen molar-refractivity contribution in [2.45, 2.75) is 167 Å². The summed E-state index contributed by atoms with van der Waals surface area (Å²) in [4.78, 5) is 25.7.